The molecule has 0 amide bonds. The van der Waals surface area contributed by atoms with Crippen molar-refractivity contribution in [3.63, 3.8) is 0 Å². The number of ether oxygens (including phenoxy) is 1. The summed E-state index contributed by atoms with van der Waals surface area (Å²) in [6.07, 6.45) is -1.21. The molecule has 0 aliphatic rings. The molecule has 21 heavy (non-hydrogen) atoms. The topological polar surface area (TPSA) is 29.5 Å². The lowest BCUT2D eigenvalue weighted by Crippen LogP contribution is -2.08. The zero-order chi connectivity index (χ0) is 15.6. The summed E-state index contributed by atoms with van der Waals surface area (Å²) in [6.45, 7) is 1.90. The molecule has 2 nitrogen and oxygen atoms in total. The standard InChI is InChI=1S/C16H15BrF2O2/c1-9-3-4-15(21-2)10(5-9)6-14(20)16-12(18)7-11(17)8-13(16)19/h3-5,7-8,14,20H,6H2,1-2H3. The highest BCUT2D eigenvalue weighted by atomic mass is 79.9. The number of benzene rings is 2. The summed E-state index contributed by atoms with van der Waals surface area (Å²) < 4.78 is 33.2. The highest BCUT2D eigenvalue weighted by Crippen LogP contribution is 2.30. The van der Waals surface area contributed by atoms with Crippen LogP contribution in [0.3, 0.4) is 0 Å². The van der Waals surface area contributed by atoms with Crippen molar-refractivity contribution < 1.29 is 18.6 Å². The molecule has 0 radical (unpaired) electrons. The van der Waals surface area contributed by atoms with Gasteiger partial charge in [-0.15, -0.1) is 0 Å². The SMILES string of the molecule is COc1ccc(C)cc1CC(O)c1c(F)cc(Br)cc1F. The number of aliphatic hydroxyl groups excluding tert-OH is 1. The molecule has 112 valence electrons. The minimum atomic E-state index is -1.28. The van der Waals surface area contributed by atoms with Crippen molar-refractivity contribution in [1.29, 1.82) is 0 Å². The summed E-state index contributed by atoms with van der Waals surface area (Å²) >= 11 is 3.01. The summed E-state index contributed by atoms with van der Waals surface area (Å²) in [7, 11) is 1.52. The summed E-state index contributed by atoms with van der Waals surface area (Å²) in [5, 5.41) is 10.2. The van der Waals surface area contributed by atoms with E-state index in [9.17, 15) is 13.9 Å². The minimum absolute atomic E-state index is 0.0698. The van der Waals surface area contributed by atoms with E-state index in [0.717, 1.165) is 17.7 Å². The highest BCUT2D eigenvalue weighted by molar-refractivity contribution is 9.10. The van der Waals surface area contributed by atoms with Crippen LogP contribution in [0.1, 0.15) is 22.8 Å². The lowest BCUT2D eigenvalue weighted by Gasteiger charge is -2.16. The van der Waals surface area contributed by atoms with E-state index < -0.39 is 17.7 Å². The summed E-state index contributed by atoms with van der Waals surface area (Å²) in [6, 6.07) is 7.74. The Morgan fingerprint density at radius 2 is 1.81 bits per heavy atom. The van der Waals surface area contributed by atoms with Gasteiger partial charge < -0.3 is 9.84 Å². The number of rotatable bonds is 4. The van der Waals surface area contributed by atoms with Gasteiger partial charge in [0.25, 0.3) is 0 Å². The second-order valence-corrected chi connectivity index (χ2v) is 5.73. The Morgan fingerprint density at radius 1 is 1.19 bits per heavy atom. The molecule has 1 unspecified atom stereocenters. The van der Waals surface area contributed by atoms with Crippen LogP contribution < -0.4 is 4.74 Å². The van der Waals surface area contributed by atoms with Gasteiger partial charge in [0, 0.05) is 10.9 Å². The molecule has 2 rings (SSSR count). The summed E-state index contributed by atoms with van der Waals surface area (Å²) in [4.78, 5) is 0. The number of methoxy groups -OCH3 is 1. The molecule has 5 heteroatoms. The first-order valence-corrected chi connectivity index (χ1v) is 7.17. The Labute approximate surface area is 130 Å². The second kappa shape index (κ2) is 6.54. The van der Waals surface area contributed by atoms with Gasteiger partial charge in [-0.3, -0.25) is 0 Å². The summed E-state index contributed by atoms with van der Waals surface area (Å²) in [5.74, 6) is -0.973. The van der Waals surface area contributed by atoms with Crippen LogP contribution in [0, 0.1) is 18.6 Å². The van der Waals surface area contributed by atoms with E-state index in [1.165, 1.54) is 7.11 Å². The average Bonchev–Trinajstić information content (AvgIpc) is 2.37. The van der Waals surface area contributed by atoms with Crippen molar-refractivity contribution in [2.45, 2.75) is 19.4 Å². The maximum absolute atomic E-state index is 13.9. The second-order valence-electron chi connectivity index (χ2n) is 4.82. The Balaban J connectivity index is 2.34. The molecule has 0 saturated carbocycles. The Bertz CT molecular complexity index is 636. The van der Waals surface area contributed by atoms with E-state index in [0.29, 0.717) is 15.8 Å². The largest absolute Gasteiger partial charge is 0.496 e. The van der Waals surface area contributed by atoms with Crippen LogP contribution in [0.2, 0.25) is 0 Å². The molecule has 2 aromatic rings. The van der Waals surface area contributed by atoms with Crippen LogP contribution in [-0.2, 0) is 6.42 Å². The lowest BCUT2D eigenvalue weighted by molar-refractivity contribution is 0.167. The third-order valence-electron chi connectivity index (χ3n) is 3.23. The first-order chi connectivity index (χ1) is 9.92. The average molecular weight is 357 g/mol. The third kappa shape index (κ3) is 3.60. The zero-order valence-corrected chi connectivity index (χ0v) is 13.2. The summed E-state index contributed by atoms with van der Waals surface area (Å²) in [5.41, 5.74) is 1.35. The normalized spacial score (nSPS) is 12.3. The van der Waals surface area contributed by atoms with Gasteiger partial charge in [-0.2, -0.15) is 0 Å². The van der Waals surface area contributed by atoms with Crippen molar-refractivity contribution in [3.8, 4) is 5.75 Å². The van der Waals surface area contributed by atoms with E-state index in [-0.39, 0.29) is 12.0 Å². The van der Waals surface area contributed by atoms with E-state index in [2.05, 4.69) is 15.9 Å². The Hall–Kier alpha value is -1.46. The molecular weight excluding hydrogens is 342 g/mol. The van der Waals surface area contributed by atoms with E-state index in [4.69, 9.17) is 4.74 Å². The van der Waals surface area contributed by atoms with Crippen molar-refractivity contribution >= 4 is 15.9 Å². The molecule has 0 aliphatic carbocycles. The Morgan fingerprint density at radius 3 is 2.38 bits per heavy atom. The van der Waals surface area contributed by atoms with Crippen molar-refractivity contribution in [1.82, 2.24) is 0 Å². The first-order valence-electron chi connectivity index (χ1n) is 6.38. The maximum Gasteiger partial charge on any atom is 0.133 e. The van der Waals surface area contributed by atoms with Gasteiger partial charge in [-0.1, -0.05) is 33.6 Å². The highest BCUT2D eigenvalue weighted by Gasteiger charge is 2.20. The molecule has 0 spiro atoms. The number of hydrogen-bond donors (Lipinski definition) is 1. The lowest BCUT2D eigenvalue weighted by atomic mass is 9.98. The monoisotopic (exact) mass is 356 g/mol. The molecule has 0 bridgehead atoms. The quantitative estimate of drug-likeness (QED) is 0.883. The third-order valence-corrected chi connectivity index (χ3v) is 3.68. The van der Waals surface area contributed by atoms with Crippen LogP contribution in [-0.4, -0.2) is 12.2 Å². The predicted octanol–water partition coefficient (Wildman–Crippen LogP) is 4.32. The van der Waals surface area contributed by atoms with Crippen LogP contribution >= 0.6 is 15.9 Å². The van der Waals surface area contributed by atoms with Gasteiger partial charge in [0.15, 0.2) is 0 Å². The zero-order valence-electron chi connectivity index (χ0n) is 11.7. The molecule has 0 saturated heterocycles. The Kier molecular flexibility index (Phi) is 4.96. The fraction of sp³-hybridized carbons (Fsp3) is 0.250. The van der Waals surface area contributed by atoms with Crippen LogP contribution in [0.15, 0.2) is 34.8 Å². The number of aryl methyl sites for hydroxylation is 1. The molecular formula is C16H15BrF2O2. The van der Waals surface area contributed by atoms with Crippen LogP contribution in [0.5, 0.6) is 5.75 Å². The molecule has 1 N–H and O–H groups in total. The molecule has 1 atom stereocenters. The maximum atomic E-state index is 13.9. The van der Waals surface area contributed by atoms with Crippen LogP contribution in [0.25, 0.3) is 0 Å². The van der Waals surface area contributed by atoms with E-state index in [1.54, 1.807) is 6.07 Å². The van der Waals surface area contributed by atoms with E-state index >= 15 is 0 Å². The fourth-order valence-corrected chi connectivity index (χ4v) is 2.65. The minimum Gasteiger partial charge on any atom is -0.496 e. The molecule has 0 heterocycles. The van der Waals surface area contributed by atoms with Gasteiger partial charge in [0.05, 0.1) is 18.8 Å². The first kappa shape index (κ1) is 15.9. The molecule has 0 aliphatic heterocycles. The molecule has 0 fully saturated rings. The van der Waals surface area contributed by atoms with Crippen molar-refractivity contribution in [2.24, 2.45) is 0 Å². The number of hydrogen-bond acceptors (Lipinski definition) is 2. The van der Waals surface area contributed by atoms with Gasteiger partial charge in [-0.05, 0) is 30.7 Å². The van der Waals surface area contributed by atoms with Gasteiger partial charge >= 0.3 is 0 Å². The number of halogens is 3. The molecule has 2 aromatic carbocycles. The van der Waals surface area contributed by atoms with Crippen LogP contribution in [0.4, 0.5) is 8.78 Å². The van der Waals surface area contributed by atoms with Gasteiger partial charge in [0.2, 0.25) is 0 Å². The van der Waals surface area contributed by atoms with Gasteiger partial charge in [0.1, 0.15) is 17.4 Å². The molecule has 0 aromatic heterocycles. The van der Waals surface area contributed by atoms with Crippen molar-refractivity contribution in [3.05, 3.63) is 63.1 Å². The predicted molar refractivity (Wildman–Crippen MR) is 80.5 cm³/mol. The number of aliphatic hydroxyl groups is 1. The van der Waals surface area contributed by atoms with E-state index in [1.807, 2.05) is 19.1 Å². The van der Waals surface area contributed by atoms with Crippen molar-refractivity contribution in [2.75, 3.05) is 7.11 Å². The fourth-order valence-electron chi connectivity index (χ4n) is 2.25. The smallest absolute Gasteiger partial charge is 0.133 e. The van der Waals surface area contributed by atoms with Gasteiger partial charge in [-0.25, -0.2) is 8.78 Å².